The number of nitrogens with zero attached hydrogens (tertiary/aromatic N) is 1. The maximum atomic E-state index is 12.7. The summed E-state index contributed by atoms with van der Waals surface area (Å²) < 4.78 is 26.8. The number of hydrogen-bond donors (Lipinski definition) is 1. The second-order valence-electron chi connectivity index (χ2n) is 4.88. The average Bonchev–Trinajstić information content (AvgIpc) is 2.79. The molecule has 108 valence electrons. The zero-order valence-electron chi connectivity index (χ0n) is 11.8. The number of rotatable bonds is 4. The van der Waals surface area contributed by atoms with E-state index in [0.717, 1.165) is 5.56 Å². The normalized spacial score (nSPS) is 12.0. The number of benzene rings is 1. The molecule has 0 saturated heterocycles. The van der Waals surface area contributed by atoms with E-state index in [-0.39, 0.29) is 0 Å². The second kappa shape index (κ2) is 5.55. The first-order chi connectivity index (χ1) is 9.32. The van der Waals surface area contributed by atoms with Gasteiger partial charge in [-0.2, -0.15) is 15.6 Å². The van der Waals surface area contributed by atoms with Gasteiger partial charge in [0, 0.05) is 19.3 Å². The minimum Gasteiger partial charge on any atom is -0.399 e. The Morgan fingerprint density at radius 3 is 2.35 bits per heavy atom. The van der Waals surface area contributed by atoms with Crippen molar-refractivity contribution in [1.82, 2.24) is 4.31 Å². The quantitative estimate of drug-likeness (QED) is 0.883. The molecule has 1 aromatic heterocycles. The van der Waals surface area contributed by atoms with Crippen molar-refractivity contribution in [2.45, 2.75) is 25.3 Å². The standard InChI is InChI=1S/C14H18N2O2S2/c1-10-6-13(15)7-11(2)14(10)20(17,18)16(3)8-12-4-5-19-9-12/h4-7,9H,8,15H2,1-3H3. The number of aryl methyl sites for hydroxylation is 2. The third-order valence-electron chi connectivity index (χ3n) is 3.14. The van der Waals surface area contributed by atoms with Crippen molar-refractivity contribution in [2.24, 2.45) is 0 Å². The molecule has 0 aliphatic rings. The summed E-state index contributed by atoms with van der Waals surface area (Å²) in [6, 6.07) is 5.32. The molecular weight excluding hydrogens is 292 g/mol. The van der Waals surface area contributed by atoms with Crippen LogP contribution in [0.15, 0.2) is 33.9 Å². The van der Waals surface area contributed by atoms with Gasteiger partial charge in [-0.3, -0.25) is 0 Å². The Kier molecular flexibility index (Phi) is 4.17. The fourth-order valence-electron chi connectivity index (χ4n) is 2.27. The summed E-state index contributed by atoms with van der Waals surface area (Å²) in [5, 5.41) is 3.89. The van der Waals surface area contributed by atoms with Gasteiger partial charge >= 0.3 is 0 Å². The van der Waals surface area contributed by atoms with Crippen molar-refractivity contribution in [3.63, 3.8) is 0 Å². The van der Waals surface area contributed by atoms with Gasteiger partial charge in [0.25, 0.3) is 0 Å². The van der Waals surface area contributed by atoms with E-state index < -0.39 is 10.0 Å². The molecule has 2 N–H and O–H groups in total. The molecule has 0 radical (unpaired) electrons. The number of nitrogen functional groups attached to an aromatic ring is 1. The van der Waals surface area contributed by atoms with Crippen LogP contribution in [0, 0.1) is 13.8 Å². The maximum Gasteiger partial charge on any atom is 0.243 e. The van der Waals surface area contributed by atoms with Crippen molar-refractivity contribution >= 4 is 27.0 Å². The largest absolute Gasteiger partial charge is 0.399 e. The van der Waals surface area contributed by atoms with Crippen LogP contribution >= 0.6 is 11.3 Å². The van der Waals surface area contributed by atoms with E-state index in [4.69, 9.17) is 5.73 Å². The van der Waals surface area contributed by atoms with Crippen LogP contribution in [0.1, 0.15) is 16.7 Å². The molecule has 0 saturated carbocycles. The molecule has 0 aliphatic heterocycles. The van der Waals surface area contributed by atoms with E-state index >= 15 is 0 Å². The van der Waals surface area contributed by atoms with Gasteiger partial charge < -0.3 is 5.73 Å². The zero-order chi connectivity index (χ0) is 14.9. The highest BCUT2D eigenvalue weighted by Gasteiger charge is 2.25. The molecule has 2 aromatic rings. The summed E-state index contributed by atoms with van der Waals surface area (Å²) in [6.07, 6.45) is 0. The Morgan fingerprint density at radius 2 is 1.85 bits per heavy atom. The fourth-order valence-corrected chi connectivity index (χ4v) is 4.49. The molecule has 0 unspecified atom stereocenters. The van der Waals surface area contributed by atoms with Gasteiger partial charge in [-0.15, -0.1) is 0 Å². The predicted molar refractivity (Wildman–Crippen MR) is 83.3 cm³/mol. The third-order valence-corrected chi connectivity index (χ3v) is 5.98. The van der Waals surface area contributed by atoms with Crippen LogP contribution in [0.3, 0.4) is 0 Å². The summed E-state index contributed by atoms with van der Waals surface area (Å²) in [4.78, 5) is 0.351. The molecule has 0 aliphatic carbocycles. The minimum atomic E-state index is -3.51. The smallest absolute Gasteiger partial charge is 0.243 e. The second-order valence-corrected chi connectivity index (χ2v) is 7.64. The first-order valence-corrected chi connectivity index (χ1v) is 8.55. The highest BCUT2D eigenvalue weighted by Crippen LogP contribution is 2.26. The fraction of sp³-hybridized carbons (Fsp3) is 0.286. The summed E-state index contributed by atoms with van der Waals surface area (Å²) in [5.41, 5.74) is 8.69. The van der Waals surface area contributed by atoms with Crippen molar-refractivity contribution in [1.29, 1.82) is 0 Å². The van der Waals surface area contributed by atoms with Gasteiger partial charge in [0.05, 0.1) is 4.90 Å². The van der Waals surface area contributed by atoms with Crippen LogP contribution in [0.4, 0.5) is 5.69 Å². The average molecular weight is 310 g/mol. The van der Waals surface area contributed by atoms with E-state index in [1.165, 1.54) is 4.31 Å². The predicted octanol–water partition coefficient (Wildman–Crippen LogP) is 2.77. The van der Waals surface area contributed by atoms with E-state index in [9.17, 15) is 8.42 Å². The first kappa shape index (κ1) is 15.0. The van der Waals surface area contributed by atoms with Crippen molar-refractivity contribution < 1.29 is 8.42 Å². The third kappa shape index (κ3) is 2.87. The first-order valence-electron chi connectivity index (χ1n) is 6.16. The van der Waals surface area contributed by atoms with Crippen LogP contribution in [0.2, 0.25) is 0 Å². The topological polar surface area (TPSA) is 63.4 Å². The van der Waals surface area contributed by atoms with Crippen molar-refractivity contribution in [2.75, 3.05) is 12.8 Å². The van der Waals surface area contributed by atoms with Crippen LogP contribution in [-0.2, 0) is 16.6 Å². The number of sulfonamides is 1. The number of anilines is 1. The lowest BCUT2D eigenvalue weighted by Crippen LogP contribution is -2.27. The molecule has 0 amide bonds. The Hall–Kier alpha value is -1.37. The molecule has 6 heteroatoms. The van der Waals surface area contributed by atoms with Crippen molar-refractivity contribution in [3.05, 3.63) is 45.6 Å². The lowest BCUT2D eigenvalue weighted by atomic mass is 10.1. The zero-order valence-corrected chi connectivity index (χ0v) is 13.4. The maximum absolute atomic E-state index is 12.7. The molecular formula is C14H18N2O2S2. The summed E-state index contributed by atoms with van der Waals surface area (Å²) >= 11 is 1.56. The summed E-state index contributed by atoms with van der Waals surface area (Å²) in [5.74, 6) is 0. The number of hydrogen-bond acceptors (Lipinski definition) is 4. The Balaban J connectivity index is 2.40. The monoisotopic (exact) mass is 310 g/mol. The number of thiophene rings is 1. The SMILES string of the molecule is Cc1cc(N)cc(C)c1S(=O)(=O)N(C)Cc1ccsc1. The van der Waals surface area contributed by atoms with Gasteiger partial charge in [-0.05, 0) is 59.5 Å². The lowest BCUT2D eigenvalue weighted by Gasteiger charge is -2.20. The van der Waals surface area contributed by atoms with E-state index in [0.29, 0.717) is 28.3 Å². The van der Waals surface area contributed by atoms with Crippen LogP contribution in [0.25, 0.3) is 0 Å². The van der Waals surface area contributed by atoms with Crippen LogP contribution in [0.5, 0.6) is 0 Å². The molecule has 4 nitrogen and oxygen atoms in total. The van der Waals surface area contributed by atoms with E-state index in [1.54, 1.807) is 44.4 Å². The van der Waals surface area contributed by atoms with Gasteiger partial charge in [0.15, 0.2) is 0 Å². The molecule has 2 rings (SSSR count). The van der Waals surface area contributed by atoms with Gasteiger partial charge in [0.1, 0.15) is 0 Å². The molecule has 0 fully saturated rings. The van der Waals surface area contributed by atoms with Crippen LogP contribution in [-0.4, -0.2) is 19.8 Å². The highest BCUT2D eigenvalue weighted by atomic mass is 32.2. The Labute approximate surface area is 123 Å². The molecule has 0 spiro atoms. The molecule has 1 aromatic carbocycles. The summed E-state index contributed by atoms with van der Waals surface area (Å²) in [7, 11) is -1.91. The van der Waals surface area contributed by atoms with Gasteiger partial charge in [-0.1, -0.05) is 0 Å². The van der Waals surface area contributed by atoms with Crippen molar-refractivity contribution in [3.8, 4) is 0 Å². The molecule has 20 heavy (non-hydrogen) atoms. The van der Waals surface area contributed by atoms with E-state index in [1.807, 2.05) is 16.8 Å². The lowest BCUT2D eigenvalue weighted by molar-refractivity contribution is 0.466. The molecule has 0 bridgehead atoms. The van der Waals surface area contributed by atoms with Gasteiger partial charge in [0.2, 0.25) is 10.0 Å². The molecule has 1 heterocycles. The summed E-state index contributed by atoms with van der Waals surface area (Å²) in [6.45, 7) is 3.92. The minimum absolute atomic E-state index is 0.351. The molecule has 0 atom stereocenters. The Bertz CT molecular complexity index is 684. The van der Waals surface area contributed by atoms with Gasteiger partial charge in [-0.25, -0.2) is 8.42 Å². The van der Waals surface area contributed by atoms with E-state index in [2.05, 4.69) is 0 Å². The van der Waals surface area contributed by atoms with Crippen LogP contribution < -0.4 is 5.73 Å². The Morgan fingerprint density at radius 1 is 1.25 bits per heavy atom. The number of nitrogens with two attached hydrogens (primary N) is 1. The highest BCUT2D eigenvalue weighted by molar-refractivity contribution is 7.89.